The lowest BCUT2D eigenvalue weighted by Crippen LogP contribution is -2.13. The minimum absolute atomic E-state index is 0. The average molecular weight is 284 g/mol. The fraction of sp³-hybridized carbons (Fsp3) is 0.333. The van der Waals surface area contributed by atoms with Crippen LogP contribution in [0.2, 0.25) is 0 Å². The van der Waals surface area contributed by atoms with Crippen LogP contribution in [0.5, 0.6) is 0 Å². The first-order valence-corrected chi connectivity index (χ1v) is 5.09. The maximum Gasteiger partial charge on any atom is 0.416 e. The van der Waals surface area contributed by atoms with Gasteiger partial charge in [-0.3, -0.25) is 0 Å². The fourth-order valence-electron chi connectivity index (χ4n) is 1.46. The molecule has 0 aliphatic carbocycles. The zero-order valence-electron chi connectivity index (χ0n) is 9.51. The summed E-state index contributed by atoms with van der Waals surface area (Å²) < 4.78 is 50.3. The number of hydrogen-bond acceptors (Lipinski definition) is 1. The molecule has 0 unspecified atom stereocenters. The molecule has 0 saturated heterocycles. The van der Waals surface area contributed by atoms with Gasteiger partial charge in [0.15, 0.2) is 0 Å². The molecule has 0 heterocycles. The van der Waals surface area contributed by atoms with Crippen LogP contribution in [0.25, 0.3) is 0 Å². The zero-order valence-corrected chi connectivity index (χ0v) is 10.3. The van der Waals surface area contributed by atoms with Crippen LogP contribution < -0.4 is 5.73 Å². The summed E-state index contributed by atoms with van der Waals surface area (Å²) in [6.07, 6.45) is -1.88. The van der Waals surface area contributed by atoms with Gasteiger partial charge in [-0.05, 0) is 25.0 Å². The van der Waals surface area contributed by atoms with Crippen molar-refractivity contribution in [2.24, 2.45) is 5.73 Å². The van der Waals surface area contributed by atoms with Gasteiger partial charge in [0, 0.05) is 11.6 Å². The summed E-state index contributed by atoms with van der Waals surface area (Å²) in [7, 11) is 0. The summed E-state index contributed by atoms with van der Waals surface area (Å²) in [6, 6.07) is 1.79. The largest absolute Gasteiger partial charge is 0.416 e. The van der Waals surface area contributed by atoms with Crippen LogP contribution in [0.15, 0.2) is 30.9 Å². The minimum Gasteiger partial charge on any atom is -0.324 e. The molecule has 2 N–H and O–H groups in total. The number of benzene rings is 1. The number of hydrogen-bond donors (Lipinski definition) is 1. The first-order chi connectivity index (χ1) is 7.86. The van der Waals surface area contributed by atoms with E-state index >= 15 is 0 Å². The Bertz CT molecular complexity index is 404. The second-order valence-corrected chi connectivity index (χ2v) is 3.71. The van der Waals surface area contributed by atoms with Crippen molar-refractivity contribution >= 4 is 12.4 Å². The van der Waals surface area contributed by atoms with Crippen molar-refractivity contribution < 1.29 is 17.6 Å². The van der Waals surface area contributed by atoms with Crippen LogP contribution in [0.3, 0.4) is 0 Å². The monoisotopic (exact) mass is 283 g/mol. The first-order valence-electron chi connectivity index (χ1n) is 5.09. The van der Waals surface area contributed by atoms with Crippen molar-refractivity contribution in [3.05, 3.63) is 47.8 Å². The molecule has 18 heavy (non-hydrogen) atoms. The van der Waals surface area contributed by atoms with Crippen molar-refractivity contribution in [2.75, 3.05) is 0 Å². The normalized spacial score (nSPS) is 12.7. The molecular weight excluding hydrogens is 270 g/mol. The summed E-state index contributed by atoms with van der Waals surface area (Å²) in [5.74, 6) is -0.920. The van der Waals surface area contributed by atoms with E-state index in [-0.39, 0.29) is 18.0 Å². The molecule has 0 saturated carbocycles. The van der Waals surface area contributed by atoms with Gasteiger partial charge in [-0.2, -0.15) is 13.2 Å². The Labute approximate surface area is 109 Å². The predicted octanol–water partition coefficient (Wildman–Crippen LogP) is 4.23. The van der Waals surface area contributed by atoms with Crippen molar-refractivity contribution in [2.45, 2.75) is 25.1 Å². The molecule has 6 heteroatoms. The van der Waals surface area contributed by atoms with Crippen molar-refractivity contribution in [1.82, 2.24) is 0 Å². The fourth-order valence-corrected chi connectivity index (χ4v) is 1.46. The summed E-state index contributed by atoms with van der Waals surface area (Å²) in [4.78, 5) is 0. The van der Waals surface area contributed by atoms with Crippen LogP contribution in [-0.2, 0) is 6.18 Å². The lowest BCUT2D eigenvalue weighted by atomic mass is 10.0. The van der Waals surface area contributed by atoms with E-state index in [0.29, 0.717) is 18.9 Å². The van der Waals surface area contributed by atoms with Gasteiger partial charge < -0.3 is 5.73 Å². The van der Waals surface area contributed by atoms with Crippen LogP contribution in [0.4, 0.5) is 17.6 Å². The zero-order chi connectivity index (χ0) is 13.1. The van der Waals surface area contributed by atoms with Gasteiger partial charge in [-0.25, -0.2) is 4.39 Å². The van der Waals surface area contributed by atoms with Crippen LogP contribution in [0.1, 0.15) is 30.0 Å². The highest BCUT2D eigenvalue weighted by atomic mass is 35.5. The minimum atomic E-state index is -4.54. The Balaban J connectivity index is 0.00000289. The second kappa shape index (κ2) is 6.75. The van der Waals surface area contributed by atoms with Crippen LogP contribution in [0, 0.1) is 5.82 Å². The third-order valence-corrected chi connectivity index (χ3v) is 2.41. The molecular formula is C12H14ClF4N. The van der Waals surface area contributed by atoms with E-state index in [2.05, 4.69) is 6.58 Å². The Kier molecular flexibility index (Phi) is 6.35. The van der Waals surface area contributed by atoms with Gasteiger partial charge in [0.1, 0.15) is 5.82 Å². The lowest BCUT2D eigenvalue weighted by Gasteiger charge is -2.14. The first kappa shape index (κ1) is 16.9. The third-order valence-electron chi connectivity index (χ3n) is 2.41. The maximum atomic E-state index is 13.5. The highest BCUT2D eigenvalue weighted by Crippen LogP contribution is 2.31. The summed E-state index contributed by atoms with van der Waals surface area (Å²) >= 11 is 0. The molecule has 0 fully saturated rings. The van der Waals surface area contributed by atoms with Crippen molar-refractivity contribution in [1.29, 1.82) is 0 Å². The van der Waals surface area contributed by atoms with Crippen molar-refractivity contribution in [3.63, 3.8) is 0 Å². The summed E-state index contributed by atoms with van der Waals surface area (Å²) in [5, 5.41) is 0. The number of rotatable bonds is 4. The highest BCUT2D eigenvalue weighted by Gasteiger charge is 2.31. The highest BCUT2D eigenvalue weighted by molar-refractivity contribution is 5.85. The summed E-state index contributed by atoms with van der Waals surface area (Å²) in [6.45, 7) is 3.50. The van der Waals surface area contributed by atoms with E-state index in [1.165, 1.54) is 0 Å². The predicted molar refractivity (Wildman–Crippen MR) is 65.0 cm³/mol. The number of halogens is 5. The molecule has 1 atom stereocenters. The standard InChI is InChI=1S/C12H13F4N.ClH/c1-2-3-4-11(17)9-6-5-8(7-10(9)13)12(14,15)16;/h2,5-7,11H,1,3-4,17H2;1H/t11-;/m0./s1. The van der Waals surface area contributed by atoms with Gasteiger partial charge in [0.05, 0.1) is 5.56 Å². The molecule has 0 aliphatic heterocycles. The van der Waals surface area contributed by atoms with Gasteiger partial charge in [-0.1, -0.05) is 12.1 Å². The van der Waals surface area contributed by atoms with Gasteiger partial charge >= 0.3 is 6.18 Å². The van der Waals surface area contributed by atoms with E-state index in [1.807, 2.05) is 0 Å². The van der Waals surface area contributed by atoms with E-state index in [9.17, 15) is 17.6 Å². The molecule has 1 aromatic carbocycles. The average Bonchev–Trinajstić information content (AvgIpc) is 2.24. The molecule has 1 nitrogen and oxygen atoms in total. The molecule has 0 radical (unpaired) electrons. The van der Waals surface area contributed by atoms with E-state index < -0.39 is 23.6 Å². The van der Waals surface area contributed by atoms with E-state index in [1.54, 1.807) is 6.08 Å². The lowest BCUT2D eigenvalue weighted by molar-refractivity contribution is -0.137. The molecule has 0 aliphatic rings. The molecule has 0 aromatic heterocycles. The quantitative estimate of drug-likeness (QED) is 0.649. The SMILES string of the molecule is C=CCC[C@H](N)c1ccc(C(F)(F)F)cc1F.Cl. The van der Waals surface area contributed by atoms with Gasteiger partial charge in [-0.15, -0.1) is 19.0 Å². The third kappa shape index (κ3) is 4.31. The Morgan fingerprint density at radius 3 is 2.39 bits per heavy atom. The molecule has 1 rings (SSSR count). The number of allylic oxidation sites excluding steroid dienone is 1. The van der Waals surface area contributed by atoms with Gasteiger partial charge in [0.2, 0.25) is 0 Å². The van der Waals surface area contributed by atoms with Crippen molar-refractivity contribution in [3.8, 4) is 0 Å². The summed E-state index contributed by atoms with van der Waals surface area (Å²) in [5.41, 5.74) is 4.76. The molecule has 0 bridgehead atoms. The Hall–Kier alpha value is -1.07. The Morgan fingerprint density at radius 1 is 1.33 bits per heavy atom. The maximum absolute atomic E-state index is 13.5. The number of alkyl halides is 3. The smallest absolute Gasteiger partial charge is 0.324 e. The molecule has 0 spiro atoms. The second-order valence-electron chi connectivity index (χ2n) is 3.71. The topological polar surface area (TPSA) is 26.0 Å². The molecule has 102 valence electrons. The number of nitrogens with two attached hydrogens (primary N) is 1. The van der Waals surface area contributed by atoms with Crippen LogP contribution >= 0.6 is 12.4 Å². The molecule has 1 aromatic rings. The van der Waals surface area contributed by atoms with Crippen LogP contribution in [-0.4, -0.2) is 0 Å². The Morgan fingerprint density at radius 2 is 1.94 bits per heavy atom. The van der Waals surface area contributed by atoms with Gasteiger partial charge in [0.25, 0.3) is 0 Å². The van der Waals surface area contributed by atoms with E-state index in [4.69, 9.17) is 5.73 Å². The molecule has 0 amide bonds. The van der Waals surface area contributed by atoms with E-state index in [0.717, 1.165) is 12.1 Å².